The number of nitrogens with one attached hydrogen (secondary N) is 1. The Bertz CT molecular complexity index is 625. The molecule has 0 spiro atoms. The molecule has 1 saturated carbocycles. The van der Waals surface area contributed by atoms with Crippen LogP contribution < -0.4 is 5.32 Å². The van der Waals surface area contributed by atoms with E-state index >= 15 is 0 Å². The first-order valence-electron chi connectivity index (χ1n) is 8.26. The molecule has 0 aliphatic heterocycles. The van der Waals surface area contributed by atoms with E-state index in [4.69, 9.17) is 4.42 Å². The normalized spacial score (nSPS) is 15.6. The van der Waals surface area contributed by atoms with E-state index in [1.165, 1.54) is 36.9 Å². The highest BCUT2D eigenvalue weighted by Crippen LogP contribution is 2.28. The number of nitrogens with zero attached hydrogens (tertiary/aromatic N) is 4. The first kappa shape index (κ1) is 15.1. The van der Waals surface area contributed by atoms with Crippen molar-refractivity contribution in [1.29, 1.82) is 0 Å². The number of hydrogen-bond donors (Lipinski definition) is 1. The van der Waals surface area contributed by atoms with Crippen molar-refractivity contribution >= 4 is 6.01 Å². The van der Waals surface area contributed by atoms with Gasteiger partial charge in [-0.25, -0.2) is 0 Å². The lowest BCUT2D eigenvalue weighted by atomic mass is 10.0. The SMILES string of the molecule is CCn1nc(C)c(CNc2nnc(CC3CCCC3)o2)c1C. The first-order valence-corrected chi connectivity index (χ1v) is 8.26. The molecule has 6 nitrogen and oxygen atoms in total. The van der Waals surface area contributed by atoms with Crippen LogP contribution in [0.15, 0.2) is 4.42 Å². The fourth-order valence-corrected chi connectivity index (χ4v) is 3.33. The van der Waals surface area contributed by atoms with Crippen molar-refractivity contribution in [2.75, 3.05) is 5.32 Å². The summed E-state index contributed by atoms with van der Waals surface area (Å²) in [5.74, 6) is 1.48. The van der Waals surface area contributed by atoms with Crippen molar-refractivity contribution in [2.24, 2.45) is 5.92 Å². The molecule has 2 aromatic rings. The van der Waals surface area contributed by atoms with Crippen molar-refractivity contribution in [2.45, 2.75) is 66.0 Å². The van der Waals surface area contributed by atoms with Gasteiger partial charge in [-0.15, -0.1) is 5.10 Å². The molecule has 120 valence electrons. The molecule has 0 amide bonds. The Hall–Kier alpha value is -1.85. The van der Waals surface area contributed by atoms with Gasteiger partial charge < -0.3 is 9.73 Å². The molecule has 1 aliphatic rings. The average Bonchev–Trinajstić information content (AvgIpc) is 3.21. The van der Waals surface area contributed by atoms with Gasteiger partial charge in [0.15, 0.2) is 0 Å². The number of hydrogen-bond acceptors (Lipinski definition) is 5. The maximum absolute atomic E-state index is 5.72. The minimum Gasteiger partial charge on any atom is -0.408 e. The standard InChI is InChI=1S/C16H25N5O/c1-4-21-12(3)14(11(2)20-21)10-17-16-19-18-15(22-16)9-13-7-5-6-8-13/h13H,4-10H2,1-3H3,(H,17,19). The molecule has 22 heavy (non-hydrogen) atoms. The van der Waals surface area contributed by atoms with Crippen LogP contribution in [0.1, 0.15) is 55.4 Å². The van der Waals surface area contributed by atoms with Crippen LogP contribution in [0.3, 0.4) is 0 Å². The van der Waals surface area contributed by atoms with Crippen LogP contribution in [0.2, 0.25) is 0 Å². The topological polar surface area (TPSA) is 68.8 Å². The van der Waals surface area contributed by atoms with Gasteiger partial charge >= 0.3 is 6.01 Å². The first-order chi connectivity index (χ1) is 10.7. The lowest BCUT2D eigenvalue weighted by Gasteiger charge is -2.04. The molecular weight excluding hydrogens is 278 g/mol. The van der Waals surface area contributed by atoms with Gasteiger partial charge in [-0.1, -0.05) is 17.9 Å². The van der Waals surface area contributed by atoms with Gasteiger partial charge in [-0.3, -0.25) is 4.68 Å². The smallest absolute Gasteiger partial charge is 0.315 e. The van der Waals surface area contributed by atoms with E-state index < -0.39 is 0 Å². The Morgan fingerprint density at radius 3 is 2.68 bits per heavy atom. The maximum Gasteiger partial charge on any atom is 0.315 e. The van der Waals surface area contributed by atoms with Gasteiger partial charge in [0.1, 0.15) is 0 Å². The van der Waals surface area contributed by atoms with Crippen LogP contribution in [0.5, 0.6) is 0 Å². The van der Waals surface area contributed by atoms with E-state index in [9.17, 15) is 0 Å². The van der Waals surface area contributed by atoms with E-state index in [0.717, 1.165) is 30.5 Å². The molecule has 0 bridgehead atoms. The molecule has 1 fully saturated rings. The van der Waals surface area contributed by atoms with Gasteiger partial charge in [0, 0.05) is 30.8 Å². The predicted octanol–water partition coefficient (Wildman–Crippen LogP) is 3.25. The fourth-order valence-electron chi connectivity index (χ4n) is 3.33. The number of aryl methyl sites for hydroxylation is 2. The summed E-state index contributed by atoms with van der Waals surface area (Å²) in [6.45, 7) is 7.79. The second-order valence-corrected chi connectivity index (χ2v) is 6.17. The van der Waals surface area contributed by atoms with E-state index in [-0.39, 0.29) is 0 Å². The van der Waals surface area contributed by atoms with E-state index in [1.54, 1.807) is 0 Å². The zero-order valence-electron chi connectivity index (χ0n) is 13.7. The minimum atomic E-state index is 0.510. The van der Waals surface area contributed by atoms with E-state index in [2.05, 4.69) is 34.5 Å². The Kier molecular flexibility index (Phi) is 4.45. The summed E-state index contributed by atoms with van der Waals surface area (Å²) in [4.78, 5) is 0. The number of aromatic nitrogens is 4. The van der Waals surface area contributed by atoms with Crippen molar-refractivity contribution in [3.05, 3.63) is 22.8 Å². The quantitative estimate of drug-likeness (QED) is 0.887. The number of anilines is 1. The molecule has 0 atom stereocenters. The second-order valence-electron chi connectivity index (χ2n) is 6.17. The molecule has 0 saturated heterocycles. The lowest BCUT2D eigenvalue weighted by molar-refractivity contribution is 0.437. The summed E-state index contributed by atoms with van der Waals surface area (Å²) in [5.41, 5.74) is 3.45. The molecule has 3 rings (SSSR count). The third-order valence-electron chi connectivity index (χ3n) is 4.65. The van der Waals surface area contributed by atoms with Crippen molar-refractivity contribution in [3.63, 3.8) is 0 Å². The Labute approximate surface area is 131 Å². The summed E-state index contributed by atoms with van der Waals surface area (Å²) in [5, 5.41) is 16.0. The Morgan fingerprint density at radius 1 is 1.23 bits per heavy atom. The largest absolute Gasteiger partial charge is 0.408 e. The molecule has 0 aromatic carbocycles. The summed E-state index contributed by atoms with van der Waals surface area (Å²) in [7, 11) is 0. The third kappa shape index (κ3) is 3.15. The zero-order valence-corrected chi connectivity index (χ0v) is 13.7. The second kappa shape index (κ2) is 6.50. The van der Waals surface area contributed by atoms with Crippen LogP contribution in [-0.2, 0) is 19.5 Å². The minimum absolute atomic E-state index is 0.510. The predicted molar refractivity (Wildman–Crippen MR) is 84.7 cm³/mol. The van der Waals surface area contributed by atoms with Crippen LogP contribution in [-0.4, -0.2) is 20.0 Å². The molecule has 0 radical (unpaired) electrons. The average molecular weight is 303 g/mol. The van der Waals surface area contributed by atoms with Gasteiger partial charge in [0.05, 0.1) is 5.69 Å². The molecule has 2 heterocycles. The molecule has 1 N–H and O–H groups in total. The Morgan fingerprint density at radius 2 is 2.00 bits per heavy atom. The van der Waals surface area contributed by atoms with Crippen LogP contribution in [0.4, 0.5) is 6.01 Å². The van der Waals surface area contributed by atoms with Gasteiger partial charge in [-0.05, 0) is 39.5 Å². The summed E-state index contributed by atoms with van der Waals surface area (Å²) >= 11 is 0. The van der Waals surface area contributed by atoms with Gasteiger partial charge in [0.2, 0.25) is 5.89 Å². The Balaban J connectivity index is 1.60. The molecular formula is C16H25N5O. The van der Waals surface area contributed by atoms with Gasteiger partial charge in [0.25, 0.3) is 0 Å². The fraction of sp³-hybridized carbons (Fsp3) is 0.688. The molecule has 0 unspecified atom stereocenters. The summed E-state index contributed by atoms with van der Waals surface area (Å²) in [6, 6.07) is 0.510. The third-order valence-corrected chi connectivity index (χ3v) is 4.65. The van der Waals surface area contributed by atoms with Crippen molar-refractivity contribution in [1.82, 2.24) is 20.0 Å². The molecule has 2 aromatic heterocycles. The van der Waals surface area contributed by atoms with Crippen LogP contribution in [0.25, 0.3) is 0 Å². The maximum atomic E-state index is 5.72. The molecule has 1 aliphatic carbocycles. The van der Waals surface area contributed by atoms with Crippen LogP contribution in [0, 0.1) is 19.8 Å². The van der Waals surface area contributed by atoms with Crippen molar-refractivity contribution < 1.29 is 4.42 Å². The number of rotatable bonds is 6. The highest BCUT2D eigenvalue weighted by atomic mass is 16.4. The summed E-state index contributed by atoms with van der Waals surface area (Å²) < 4.78 is 7.74. The van der Waals surface area contributed by atoms with Crippen molar-refractivity contribution in [3.8, 4) is 0 Å². The highest BCUT2D eigenvalue weighted by Gasteiger charge is 2.19. The van der Waals surface area contributed by atoms with E-state index in [0.29, 0.717) is 12.6 Å². The van der Waals surface area contributed by atoms with Gasteiger partial charge in [-0.2, -0.15) is 5.10 Å². The lowest BCUT2D eigenvalue weighted by Crippen LogP contribution is -2.03. The van der Waals surface area contributed by atoms with E-state index in [1.807, 2.05) is 11.6 Å². The highest BCUT2D eigenvalue weighted by molar-refractivity contribution is 5.29. The zero-order chi connectivity index (χ0) is 15.5. The monoisotopic (exact) mass is 303 g/mol. The molecule has 6 heteroatoms. The van der Waals surface area contributed by atoms with Crippen LogP contribution >= 0.6 is 0 Å². The summed E-state index contributed by atoms with van der Waals surface area (Å²) in [6.07, 6.45) is 6.17.